The first-order valence-electron chi connectivity index (χ1n) is 8.01. The number of nitrogens with two attached hydrogens (primary N) is 1. The van der Waals surface area contributed by atoms with Gasteiger partial charge >= 0.3 is 0 Å². The molecular formula is C17H26N2O2. The highest BCUT2D eigenvalue weighted by molar-refractivity contribution is 5.44. The van der Waals surface area contributed by atoms with Crippen LogP contribution >= 0.6 is 0 Å². The average Bonchev–Trinajstić information content (AvgIpc) is 2.50. The van der Waals surface area contributed by atoms with Gasteiger partial charge in [0, 0.05) is 31.1 Å². The fraction of sp³-hybridized carbons (Fsp3) is 0.647. The van der Waals surface area contributed by atoms with Crippen LogP contribution in [-0.2, 0) is 0 Å². The summed E-state index contributed by atoms with van der Waals surface area (Å²) in [6.45, 7) is 5.66. The fourth-order valence-electron chi connectivity index (χ4n) is 3.63. The van der Waals surface area contributed by atoms with Crippen LogP contribution < -0.4 is 15.2 Å². The lowest BCUT2D eigenvalue weighted by Crippen LogP contribution is -2.51. The minimum Gasteiger partial charge on any atom is -0.497 e. The SMILES string of the molecule is CCCN1CCC2(CC1)CC(N)c1cc(OC)ccc1O2. The number of piperidine rings is 1. The number of rotatable bonds is 3. The first-order chi connectivity index (χ1) is 10.2. The Morgan fingerprint density at radius 2 is 2.14 bits per heavy atom. The van der Waals surface area contributed by atoms with E-state index in [1.807, 2.05) is 18.2 Å². The van der Waals surface area contributed by atoms with Crippen molar-refractivity contribution in [1.29, 1.82) is 0 Å². The first kappa shape index (κ1) is 14.7. The highest BCUT2D eigenvalue weighted by Gasteiger charge is 2.42. The summed E-state index contributed by atoms with van der Waals surface area (Å²) in [6.07, 6.45) is 4.28. The molecule has 2 N–H and O–H groups in total. The van der Waals surface area contributed by atoms with Crippen molar-refractivity contribution in [3.05, 3.63) is 23.8 Å². The lowest BCUT2D eigenvalue weighted by molar-refractivity contribution is -0.0216. The van der Waals surface area contributed by atoms with Crippen LogP contribution in [0.25, 0.3) is 0 Å². The van der Waals surface area contributed by atoms with Gasteiger partial charge in [-0.3, -0.25) is 0 Å². The third-order valence-electron chi connectivity index (χ3n) is 4.84. The molecular weight excluding hydrogens is 264 g/mol. The van der Waals surface area contributed by atoms with E-state index < -0.39 is 0 Å². The van der Waals surface area contributed by atoms with Crippen LogP contribution in [0, 0.1) is 0 Å². The molecule has 0 aromatic heterocycles. The van der Waals surface area contributed by atoms with Crippen molar-refractivity contribution >= 4 is 0 Å². The van der Waals surface area contributed by atoms with E-state index in [0.29, 0.717) is 0 Å². The molecule has 2 aliphatic heterocycles. The summed E-state index contributed by atoms with van der Waals surface area (Å²) in [4.78, 5) is 2.53. The van der Waals surface area contributed by atoms with Gasteiger partial charge in [-0.25, -0.2) is 0 Å². The van der Waals surface area contributed by atoms with Crippen molar-refractivity contribution in [2.75, 3.05) is 26.7 Å². The predicted molar refractivity (Wildman–Crippen MR) is 83.9 cm³/mol. The molecule has 1 fully saturated rings. The lowest BCUT2D eigenvalue weighted by Gasteiger charge is -2.46. The summed E-state index contributed by atoms with van der Waals surface area (Å²) in [5.74, 6) is 1.79. The van der Waals surface area contributed by atoms with Crippen LogP contribution in [0.5, 0.6) is 11.5 Å². The molecule has 1 unspecified atom stereocenters. The topological polar surface area (TPSA) is 47.7 Å². The largest absolute Gasteiger partial charge is 0.497 e. The normalized spacial score (nSPS) is 24.4. The van der Waals surface area contributed by atoms with E-state index in [0.717, 1.165) is 49.4 Å². The maximum absolute atomic E-state index is 6.42. The minimum atomic E-state index is -0.0642. The summed E-state index contributed by atoms with van der Waals surface area (Å²) in [5.41, 5.74) is 7.43. The lowest BCUT2D eigenvalue weighted by atomic mass is 9.81. The Labute approximate surface area is 127 Å². The summed E-state index contributed by atoms with van der Waals surface area (Å²) in [5, 5.41) is 0. The number of benzene rings is 1. The average molecular weight is 290 g/mol. The van der Waals surface area contributed by atoms with Gasteiger partial charge < -0.3 is 20.1 Å². The van der Waals surface area contributed by atoms with Crippen LogP contribution in [-0.4, -0.2) is 37.2 Å². The van der Waals surface area contributed by atoms with Crippen LogP contribution in [0.4, 0.5) is 0 Å². The van der Waals surface area contributed by atoms with Gasteiger partial charge in [-0.05, 0) is 44.0 Å². The Balaban J connectivity index is 1.76. The Bertz CT molecular complexity index is 496. The second-order valence-electron chi connectivity index (χ2n) is 6.34. The maximum atomic E-state index is 6.42. The number of hydrogen-bond donors (Lipinski definition) is 1. The van der Waals surface area contributed by atoms with E-state index >= 15 is 0 Å². The molecule has 4 nitrogen and oxygen atoms in total. The second-order valence-corrected chi connectivity index (χ2v) is 6.34. The Morgan fingerprint density at radius 1 is 1.38 bits per heavy atom. The van der Waals surface area contributed by atoms with Gasteiger partial charge in [0.15, 0.2) is 0 Å². The number of hydrogen-bond acceptors (Lipinski definition) is 4. The van der Waals surface area contributed by atoms with Gasteiger partial charge in [-0.2, -0.15) is 0 Å². The smallest absolute Gasteiger partial charge is 0.125 e. The first-order valence-corrected chi connectivity index (χ1v) is 8.01. The number of likely N-dealkylation sites (tertiary alicyclic amines) is 1. The molecule has 1 aromatic carbocycles. The summed E-state index contributed by atoms with van der Waals surface area (Å²) >= 11 is 0. The molecule has 4 heteroatoms. The standard InChI is InChI=1S/C17H26N2O2/c1-3-8-19-9-6-17(7-10-19)12-15(18)14-11-13(20-2)4-5-16(14)21-17/h4-5,11,15H,3,6-10,12,18H2,1-2H3. The zero-order valence-corrected chi connectivity index (χ0v) is 13.1. The van der Waals surface area contributed by atoms with Gasteiger partial charge in [0.25, 0.3) is 0 Å². The Kier molecular flexibility index (Phi) is 4.09. The van der Waals surface area contributed by atoms with Crippen molar-refractivity contribution in [1.82, 2.24) is 4.90 Å². The third-order valence-corrected chi connectivity index (χ3v) is 4.84. The highest BCUT2D eigenvalue weighted by atomic mass is 16.5. The Morgan fingerprint density at radius 3 is 2.81 bits per heavy atom. The number of ether oxygens (including phenoxy) is 2. The molecule has 0 bridgehead atoms. The highest BCUT2D eigenvalue weighted by Crippen LogP contribution is 2.44. The van der Waals surface area contributed by atoms with E-state index in [1.54, 1.807) is 7.11 Å². The number of nitrogens with zero attached hydrogens (tertiary/aromatic N) is 1. The van der Waals surface area contributed by atoms with Crippen molar-refractivity contribution in [3.8, 4) is 11.5 Å². The molecule has 2 aliphatic rings. The molecule has 1 spiro atoms. The van der Waals surface area contributed by atoms with Crippen molar-refractivity contribution in [2.45, 2.75) is 44.2 Å². The van der Waals surface area contributed by atoms with Gasteiger partial charge in [0.2, 0.25) is 0 Å². The van der Waals surface area contributed by atoms with Crippen molar-refractivity contribution in [3.63, 3.8) is 0 Å². The molecule has 2 heterocycles. The zero-order valence-electron chi connectivity index (χ0n) is 13.1. The maximum Gasteiger partial charge on any atom is 0.125 e. The summed E-state index contributed by atoms with van der Waals surface area (Å²) in [7, 11) is 1.68. The van der Waals surface area contributed by atoms with Gasteiger partial charge in [0.1, 0.15) is 17.1 Å². The molecule has 0 aliphatic carbocycles. The van der Waals surface area contributed by atoms with E-state index in [1.165, 1.54) is 13.0 Å². The van der Waals surface area contributed by atoms with Crippen LogP contribution in [0.15, 0.2) is 18.2 Å². The van der Waals surface area contributed by atoms with Crippen molar-refractivity contribution < 1.29 is 9.47 Å². The summed E-state index contributed by atoms with van der Waals surface area (Å²) < 4.78 is 11.7. The molecule has 1 saturated heterocycles. The Hall–Kier alpha value is -1.26. The van der Waals surface area contributed by atoms with E-state index in [-0.39, 0.29) is 11.6 Å². The molecule has 0 saturated carbocycles. The van der Waals surface area contributed by atoms with Gasteiger partial charge in [-0.15, -0.1) is 0 Å². The van der Waals surface area contributed by atoms with Crippen molar-refractivity contribution in [2.24, 2.45) is 5.73 Å². The molecule has 0 radical (unpaired) electrons. The van der Waals surface area contributed by atoms with Gasteiger partial charge in [-0.1, -0.05) is 6.92 Å². The second kappa shape index (κ2) is 5.85. The monoisotopic (exact) mass is 290 g/mol. The minimum absolute atomic E-state index is 0.0431. The molecule has 1 aromatic rings. The van der Waals surface area contributed by atoms with Crippen LogP contribution in [0.2, 0.25) is 0 Å². The third kappa shape index (κ3) is 2.87. The summed E-state index contributed by atoms with van der Waals surface area (Å²) in [6, 6.07) is 6.02. The molecule has 0 amide bonds. The molecule has 21 heavy (non-hydrogen) atoms. The van der Waals surface area contributed by atoms with Crippen LogP contribution in [0.3, 0.4) is 0 Å². The fourth-order valence-corrected chi connectivity index (χ4v) is 3.63. The molecule has 3 rings (SSSR count). The van der Waals surface area contributed by atoms with E-state index in [9.17, 15) is 0 Å². The van der Waals surface area contributed by atoms with E-state index in [2.05, 4.69) is 11.8 Å². The molecule has 1 atom stereocenters. The number of methoxy groups -OCH3 is 1. The van der Waals surface area contributed by atoms with E-state index in [4.69, 9.17) is 15.2 Å². The van der Waals surface area contributed by atoms with Crippen LogP contribution in [0.1, 0.15) is 44.2 Å². The molecule has 116 valence electrons. The quantitative estimate of drug-likeness (QED) is 0.930. The zero-order chi connectivity index (χ0) is 14.9. The predicted octanol–water partition coefficient (Wildman–Crippen LogP) is 2.72. The number of fused-ring (bicyclic) bond motifs is 1. The van der Waals surface area contributed by atoms with Gasteiger partial charge in [0.05, 0.1) is 7.11 Å².